The number of nitrogens with zero attached hydrogens (tertiary/aromatic N) is 1. The van der Waals surface area contributed by atoms with Crippen molar-refractivity contribution >= 4 is 13.8 Å². The predicted molar refractivity (Wildman–Crippen MR) is 141 cm³/mol. The van der Waals surface area contributed by atoms with Gasteiger partial charge in [-0.15, -0.1) is 0 Å². The Morgan fingerprint density at radius 1 is 0.886 bits per heavy atom. The number of esters is 1. The van der Waals surface area contributed by atoms with E-state index in [-0.39, 0.29) is 13.0 Å². The van der Waals surface area contributed by atoms with Crippen molar-refractivity contribution in [1.29, 1.82) is 0 Å². The van der Waals surface area contributed by atoms with Gasteiger partial charge in [0.05, 0.1) is 34.4 Å². The second-order valence-electron chi connectivity index (χ2n) is 10.2. The fourth-order valence-corrected chi connectivity index (χ4v) is 4.10. The number of quaternary nitrogens is 1. The third kappa shape index (κ3) is 24.7. The molecular formula is C26H53NO7P+. The van der Waals surface area contributed by atoms with Crippen molar-refractivity contribution in [3.8, 4) is 0 Å². The van der Waals surface area contributed by atoms with Gasteiger partial charge in [0.15, 0.2) is 0 Å². The van der Waals surface area contributed by atoms with Crippen molar-refractivity contribution in [1.82, 2.24) is 0 Å². The van der Waals surface area contributed by atoms with E-state index in [2.05, 4.69) is 19.1 Å². The lowest BCUT2D eigenvalue weighted by Crippen LogP contribution is -2.37. The van der Waals surface area contributed by atoms with Crippen LogP contribution in [-0.2, 0) is 23.1 Å². The summed E-state index contributed by atoms with van der Waals surface area (Å²) in [6, 6.07) is 0. The van der Waals surface area contributed by atoms with E-state index in [1.807, 2.05) is 21.1 Å². The number of phosphoric acid groups is 1. The summed E-state index contributed by atoms with van der Waals surface area (Å²) in [5.41, 5.74) is 0. The average Bonchev–Trinajstić information content (AvgIpc) is 2.78. The number of aliphatic hydroxyl groups is 1. The number of likely N-dealkylation sites (N-methyl/N-ethyl adjacent to an activating group) is 1. The Hall–Kier alpha value is -0.760. The van der Waals surface area contributed by atoms with E-state index in [1.54, 1.807) is 0 Å². The van der Waals surface area contributed by atoms with E-state index in [9.17, 15) is 19.4 Å². The maximum Gasteiger partial charge on any atom is 0.472 e. The fraction of sp³-hybridized carbons (Fsp3) is 0.885. The van der Waals surface area contributed by atoms with Crippen LogP contribution < -0.4 is 0 Å². The summed E-state index contributed by atoms with van der Waals surface area (Å²) in [5.74, 6) is -0.454. The molecule has 9 heteroatoms. The highest BCUT2D eigenvalue weighted by molar-refractivity contribution is 7.47. The molecule has 0 bridgehead atoms. The number of aliphatic hydroxyl groups excluding tert-OH is 1. The number of hydrogen-bond acceptors (Lipinski definition) is 6. The molecular weight excluding hydrogens is 469 g/mol. The molecule has 2 atom stereocenters. The molecule has 0 amide bonds. The number of hydrogen-bond donors (Lipinski definition) is 2. The lowest BCUT2D eigenvalue weighted by molar-refractivity contribution is -0.870. The first kappa shape index (κ1) is 34.2. The summed E-state index contributed by atoms with van der Waals surface area (Å²) in [4.78, 5) is 21.7. The van der Waals surface area contributed by atoms with Crippen LogP contribution in [0.5, 0.6) is 0 Å². The molecule has 0 fully saturated rings. The van der Waals surface area contributed by atoms with Gasteiger partial charge in [-0.05, 0) is 32.1 Å². The number of phosphoric ester groups is 1. The van der Waals surface area contributed by atoms with Gasteiger partial charge in [-0.2, -0.15) is 0 Å². The molecule has 1 unspecified atom stereocenters. The van der Waals surface area contributed by atoms with Crippen molar-refractivity contribution in [3.63, 3.8) is 0 Å². The Bertz CT molecular complexity index is 593. The van der Waals surface area contributed by atoms with Crippen LogP contribution in [0.1, 0.15) is 96.8 Å². The molecule has 0 spiro atoms. The summed E-state index contributed by atoms with van der Waals surface area (Å²) in [6.07, 6.45) is 19.3. The van der Waals surface area contributed by atoms with Crippen molar-refractivity contribution in [2.75, 3.05) is 47.5 Å². The fourth-order valence-electron chi connectivity index (χ4n) is 3.35. The molecule has 0 aromatic rings. The van der Waals surface area contributed by atoms with Gasteiger partial charge in [-0.3, -0.25) is 13.8 Å². The molecule has 8 nitrogen and oxygen atoms in total. The minimum Gasteiger partial charge on any atom is -0.457 e. The Balaban J connectivity index is 3.77. The van der Waals surface area contributed by atoms with Crippen LogP contribution in [0.15, 0.2) is 12.2 Å². The Labute approximate surface area is 214 Å². The molecule has 0 heterocycles. The topological polar surface area (TPSA) is 102 Å². The predicted octanol–water partition coefficient (Wildman–Crippen LogP) is 5.77. The highest BCUT2D eigenvalue weighted by Crippen LogP contribution is 2.43. The highest BCUT2D eigenvalue weighted by atomic mass is 31.2. The van der Waals surface area contributed by atoms with E-state index in [4.69, 9.17) is 13.8 Å². The van der Waals surface area contributed by atoms with Gasteiger partial charge in [0.1, 0.15) is 19.3 Å². The first-order valence-electron chi connectivity index (χ1n) is 13.5. The summed E-state index contributed by atoms with van der Waals surface area (Å²) < 4.78 is 27.4. The number of unbranched alkanes of at least 4 members (excludes halogenated alkanes) is 11. The molecule has 0 rings (SSSR count). The SMILES string of the molecule is CCCCCCCCCCC/C=C\CCCCC(=O)O[C@H](CO)COP(=O)(O)OCC[N+](C)(C)C. The zero-order valence-corrected chi connectivity index (χ0v) is 23.7. The molecule has 0 saturated heterocycles. The van der Waals surface area contributed by atoms with Crippen LogP contribution in [0.2, 0.25) is 0 Å². The summed E-state index contributed by atoms with van der Waals surface area (Å²) in [6.45, 7) is 1.93. The van der Waals surface area contributed by atoms with Gasteiger partial charge in [0.25, 0.3) is 0 Å². The van der Waals surface area contributed by atoms with E-state index < -0.39 is 33.1 Å². The zero-order valence-electron chi connectivity index (χ0n) is 22.8. The maximum absolute atomic E-state index is 12.0. The van der Waals surface area contributed by atoms with Crippen molar-refractivity contribution in [3.05, 3.63) is 12.2 Å². The lowest BCUT2D eigenvalue weighted by atomic mass is 10.1. The summed E-state index contributed by atoms with van der Waals surface area (Å²) in [5, 5.41) is 9.38. The van der Waals surface area contributed by atoms with Gasteiger partial charge < -0.3 is 19.2 Å². The minimum absolute atomic E-state index is 0.0501. The van der Waals surface area contributed by atoms with Gasteiger partial charge in [0, 0.05) is 6.42 Å². The molecule has 0 aromatic carbocycles. The molecule has 208 valence electrons. The van der Waals surface area contributed by atoms with Crippen molar-refractivity contribution in [2.45, 2.75) is 103 Å². The normalized spacial score (nSPS) is 14.8. The molecule has 0 radical (unpaired) electrons. The molecule has 0 aliphatic heterocycles. The first-order valence-corrected chi connectivity index (χ1v) is 15.0. The molecule has 35 heavy (non-hydrogen) atoms. The summed E-state index contributed by atoms with van der Waals surface area (Å²) in [7, 11) is 1.54. The number of ether oxygens (including phenoxy) is 1. The molecule has 0 aliphatic rings. The van der Waals surface area contributed by atoms with E-state index >= 15 is 0 Å². The summed E-state index contributed by atoms with van der Waals surface area (Å²) >= 11 is 0. The Morgan fingerprint density at radius 2 is 1.43 bits per heavy atom. The second kappa shape index (κ2) is 21.3. The zero-order chi connectivity index (χ0) is 26.4. The molecule has 0 aliphatic carbocycles. The Kier molecular flexibility index (Phi) is 20.9. The monoisotopic (exact) mass is 522 g/mol. The maximum atomic E-state index is 12.0. The molecule has 0 aromatic heterocycles. The van der Waals surface area contributed by atoms with E-state index in [1.165, 1.54) is 57.8 Å². The number of carbonyl (C=O) groups excluding carboxylic acids is 1. The molecule has 2 N–H and O–H groups in total. The number of carbonyl (C=O) groups is 1. The highest BCUT2D eigenvalue weighted by Gasteiger charge is 2.25. The first-order chi connectivity index (χ1) is 16.6. The van der Waals surface area contributed by atoms with Crippen LogP contribution in [-0.4, -0.2) is 74.1 Å². The average molecular weight is 523 g/mol. The van der Waals surface area contributed by atoms with Crippen LogP contribution in [0.3, 0.4) is 0 Å². The van der Waals surface area contributed by atoms with E-state index in [0.29, 0.717) is 17.4 Å². The largest absolute Gasteiger partial charge is 0.472 e. The van der Waals surface area contributed by atoms with Crippen LogP contribution in [0.25, 0.3) is 0 Å². The van der Waals surface area contributed by atoms with Gasteiger partial charge in [0.2, 0.25) is 0 Å². The van der Waals surface area contributed by atoms with Crippen LogP contribution in [0.4, 0.5) is 0 Å². The molecule has 0 saturated carbocycles. The van der Waals surface area contributed by atoms with Gasteiger partial charge in [-0.1, -0.05) is 70.4 Å². The Morgan fingerprint density at radius 3 is 1.97 bits per heavy atom. The van der Waals surface area contributed by atoms with Crippen LogP contribution >= 0.6 is 7.82 Å². The second-order valence-corrected chi connectivity index (χ2v) is 11.7. The lowest BCUT2D eigenvalue weighted by Gasteiger charge is -2.24. The van der Waals surface area contributed by atoms with Crippen LogP contribution in [0, 0.1) is 0 Å². The van der Waals surface area contributed by atoms with E-state index in [0.717, 1.165) is 19.3 Å². The third-order valence-corrected chi connectivity index (χ3v) is 6.57. The van der Waals surface area contributed by atoms with Gasteiger partial charge >= 0.3 is 13.8 Å². The van der Waals surface area contributed by atoms with Gasteiger partial charge in [-0.25, -0.2) is 4.57 Å². The minimum atomic E-state index is -4.26. The smallest absolute Gasteiger partial charge is 0.457 e. The third-order valence-electron chi connectivity index (χ3n) is 5.58. The number of allylic oxidation sites excluding steroid dienone is 2. The quantitative estimate of drug-likeness (QED) is 0.0546. The standard InChI is InChI=1S/C26H52NO7P/c1-5-6-7-8-9-10-11-12-13-14-15-16-17-18-19-20-26(29)34-25(23-28)24-33-35(30,31)32-22-21-27(2,3)4/h15-16,25,28H,5-14,17-24H2,1-4H3/p+1/b16-15-/t25-/m1/s1. The van der Waals surface area contributed by atoms with Crippen molar-refractivity contribution in [2.24, 2.45) is 0 Å². The number of rotatable bonds is 24. The van der Waals surface area contributed by atoms with Crippen molar-refractivity contribution < 1.29 is 37.6 Å².